The first-order chi connectivity index (χ1) is 10.3. The second-order valence-electron chi connectivity index (χ2n) is 5.56. The summed E-state index contributed by atoms with van der Waals surface area (Å²) < 4.78 is 38.5. The number of ether oxygens (including phenoxy) is 2. The Morgan fingerprint density at radius 1 is 1.32 bits per heavy atom. The molecule has 1 aromatic rings. The van der Waals surface area contributed by atoms with Gasteiger partial charge >= 0.3 is 0 Å². The smallest absolute Gasteiger partial charge is 0.246 e. The summed E-state index contributed by atoms with van der Waals surface area (Å²) in [7, 11) is -3.68. The highest BCUT2D eigenvalue weighted by atomic mass is 35.5. The molecular weight excluding hydrogens is 326 g/mol. The molecule has 0 spiro atoms. The Hall–Kier alpha value is -0.820. The fraction of sp³-hybridized carbons (Fsp3) is 0.600. The minimum atomic E-state index is -3.68. The van der Waals surface area contributed by atoms with Crippen LogP contribution in [0.5, 0.6) is 5.75 Å². The largest absolute Gasteiger partial charge is 0.492 e. The van der Waals surface area contributed by atoms with E-state index in [0.29, 0.717) is 30.5 Å². The van der Waals surface area contributed by atoms with Gasteiger partial charge in [-0.2, -0.15) is 4.31 Å². The molecule has 1 heterocycles. The van der Waals surface area contributed by atoms with E-state index < -0.39 is 10.0 Å². The summed E-state index contributed by atoms with van der Waals surface area (Å²) in [5.41, 5.74) is 0.785. The molecular formula is C15H22ClNO4S. The third kappa shape index (κ3) is 3.56. The zero-order valence-corrected chi connectivity index (χ0v) is 14.9. The number of rotatable bonds is 4. The van der Waals surface area contributed by atoms with Crippen LogP contribution in [0.3, 0.4) is 0 Å². The van der Waals surface area contributed by atoms with Crippen molar-refractivity contribution in [3.05, 3.63) is 22.7 Å². The molecule has 1 aliphatic heterocycles. The summed E-state index contributed by atoms with van der Waals surface area (Å²) in [6.07, 6.45) is -0.287. The Kier molecular flexibility index (Phi) is 5.37. The predicted molar refractivity (Wildman–Crippen MR) is 86.1 cm³/mol. The standard InChI is InChI=1S/C15H22ClNO4S/c1-5-20-14-6-10(2)13(16)7-15(14)22(18,19)17-8-11(3)21-12(4)9-17/h6-7,11-12H,5,8-9H2,1-4H3/t11-,12+. The minimum Gasteiger partial charge on any atom is -0.492 e. The fourth-order valence-corrected chi connectivity index (χ4v) is 4.53. The molecule has 22 heavy (non-hydrogen) atoms. The second-order valence-corrected chi connectivity index (χ2v) is 7.87. The van der Waals surface area contributed by atoms with Crippen molar-refractivity contribution in [3.8, 4) is 5.75 Å². The van der Waals surface area contributed by atoms with Crippen LogP contribution in [0.1, 0.15) is 26.3 Å². The highest BCUT2D eigenvalue weighted by molar-refractivity contribution is 7.89. The summed E-state index contributed by atoms with van der Waals surface area (Å²) in [6, 6.07) is 3.15. The van der Waals surface area contributed by atoms with Crippen LogP contribution in [-0.2, 0) is 14.8 Å². The van der Waals surface area contributed by atoms with Gasteiger partial charge in [-0.3, -0.25) is 0 Å². The van der Waals surface area contributed by atoms with Gasteiger partial charge in [-0.25, -0.2) is 8.42 Å². The molecule has 0 aromatic heterocycles. The lowest BCUT2D eigenvalue weighted by atomic mass is 10.2. The number of hydrogen-bond acceptors (Lipinski definition) is 4. The van der Waals surface area contributed by atoms with Crippen LogP contribution in [0.4, 0.5) is 0 Å². The highest BCUT2D eigenvalue weighted by Gasteiger charge is 2.34. The third-order valence-electron chi connectivity index (χ3n) is 3.53. The predicted octanol–water partition coefficient (Wildman–Crippen LogP) is 2.85. The van der Waals surface area contributed by atoms with Gasteiger partial charge in [-0.1, -0.05) is 11.6 Å². The Morgan fingerprint density at radius 2 is 1.91 bits per heavy atom. The summed E-state index contributed by atoms with van der Waals surface area (Å²) in [5.74, 6) is 0.344. The third-order valence-corrected chi connectivity index (χ3v) is 5.79. The van der Waals surface area contributed by atoms with Gasteiger partial charge in [-0.05, 0) is 45.4 Å². The van der Waals surface area contributed by atoms with Crippen molar-refractivity contribution in [1.29, 1.82) is 0 Å². The van der Waals surface area contributed by atoms with Crippen molar-refractivity contribution >= 4 is 21.6 Å². The minimum absolute atomic E-state index is 0.117. The summed E-state index contributed by atoms with van der Waals surface area (Å²) in [5, 5.41) is 0.413. The first-order valence-electron chi connectivity index (χ1n) is 7.34. The van der Waals surface area contributed by atoms with Crippen molar-refractivity contribution in [3.63, 3.8) is 0 Å². The fourth-order valence-electron chi connectivity index (χ4n) is 2.57. The van der Waals surface area contributed by atoms with E-state index in [9.17, 15) is 8.42 Å². The van der Waals surface area contributed by atoms with Crippen molar-refractivity contribution in [1.82, 2.24) is 4.31 Å². The van der Waals surface area contributed by atoms with E-state index in [1.165, 1.54) is 10.4 Å². The lowest BCUT2D eigenvalue weighted by Crippen LogP contribution is -2.48. The van der Waals surface area contributed by atoms with Gasteiger partial charge in [0.2, 0.25) is 10.0 Å². The molecule has 1 saturated heterocycles. The quantitative estimate of drug-likeness (QED) is 0.840. The molecule has 0 amide bonds. The highest BCUT2D eigenvalue weighted by Crippen LogP contribution is 2.33. The Balaban J connectivity index is 2.46. The van der Waals surface area contributed by atoms with E-state index in [-0.39, 0.29) is 17.1 Å². The van der Waals surface area contributed by atoms with Crippen LogP contribution >= 0.6 is 11.6 Å². The molecule has 1 aromatic carbocycles. The zero-order chi connectivity index (χ0) is 16.5. The molecule has 0 radical (unpaired) electrons. The van der Waals surface area contributed by atoms with E-state index in [1.54, 1.807) is 6.07 Å². The lowest BCUT2D eigenvalue weighted by Gasteiger charge is -2.34. The Labute approximate surface area is 137 Å². The average molecular weight is 348 g/mol. The van der Waals surface area contributed by atoms with Gasteiger partial charge < -0.3 is 9.47 Å². The van der Waals surface area contributed by atoms with Gasteiger partial charge in [0.05, 0.1) is 18.8 Å². The SMILES string of the molecule is CCOc1cc(C)c(Cl)cc1S(=O)(=O)N1C[C@@H](C)O[C@@H](C)C1. The zero-order valence-electron chi connectivity index (χ0n) is 13.3. The van der Waals surface area contributed by atoms with Crippen LogP contribution in [0.25, 0.3) is 0 Å². The first kappa shape index (κ1) is 17.5. The van der Waals surface area contributed by atoms with E-state index in [0.717, 1.165) is 5.56 Å². The Bertz CT molecular complexity index is 637. The van der Waals surface area contributed by atoms with Crippen LogP contribution in [0, 0.1) is 6.92 Å². The number of halogens is 1. The van der Waals surface area contributed by atoms with Crippen molar-refractivity contribution in [2.75, 3.05) is 19.7 Å². The molecule has 1 fully saturated rings. The first-order valence-corrected chi connectivity index (χ1v) is 9.16. The molecule has 124 valence electrons. The van der Waals surface area contributed by atoms with E-state index >= 15 is 0 Å². The molecule has 7 heteroatoms. The van der Waals surface area contributed by atoms with Crippen molar-refractivity contribution in [2.24, 2.45) is 0 Å². The normalized spacial score (nSPS) is 23.5. The molecule has 2 atom stereocenters. The van der Waals surface area contributed by atoms with E-state index in [1.807, 2.05) is 27.7 Å². The number of aryl methyl sites for hydroxylation is 1. The topological polar surface area (TPSA) is 55.8 Å². The maximum atomic E-state index is 13.0. The molecule has 0 N–H and O–H groups in total. The number of morpholine rings is 1. The van der Waals surface area contributed by atoms with E-state index in [4.69, 9.17) is 21.1 Å². The number of nitrogens with zero attached hydrogens (tertiary/aromatic N) is 1. The Morgan fingerprint density at radius 3 is 2.45 bits per heavy atom. The maximum absolute atomic E-state index is 13.0. The molecule has 0 unspecified atom stereocenters. The van der Waals surface area contributed by atoms with Gasteiger partial charge in [-0.15, -0.1) is 0 Å². The van der Waals surface area contributed by atoms with Gasteiger partial charge in [0.1, 0.15) is 10.6 Å². The number of hydrogen-bond donors (Lipinski definition) is 0. The summed E-state index contributed by atoms with van der Waals surface area (Å²) in [4.78, 5) is 0.117. The molecule has 1 aliphatic rings. The second kappa shape index (κ2) is 6.74. The van der Waals surface area contributed by atoms with Gasteiger partial charge in [0.25, 0.3) is 0 Å². The van der Waals surface area contributed by atoms with Crippen molar-refractivity contribution < 1.29 is 17.9 Å². The van der Waals surface area contributed by atoms with Crippen LogP contribution in [0.2, 0.25) is 5.02 Å². The molecule has 0 bridgehead atoms. The molecule has 0 saturated carbocycles. The van der Waals surface area contributed by atoms with Crippen LogP contribution < -0.4 is 4.74 Å². The monoisotopic (exact) mass is 347 g/mol. The molecule has 2 rings (SSSR count). The lowest BCUT2D eigenvalue weighted by molar-refractivity contribution is -0.0441. The van der Waals surface area contributed by atoms with Crippen LogP contribution in [0.15, 0.2) is 17.0 Å². The summed E-state index contributed by atoms with van der Waals surface area (Å²) in [6.45, 7) is 8.40. The van der Waals surface area contributed by atoms with Crippen molar-refractivity contribution in [2.45, 2.75) is 44.8 Å². The van der Waals surface area contributed by atoms with Gasteiger partial charge in [0.15, 0.2) is 0 Å². The summed E-state index contributed by atoms with van der Waals surface area (Å²) >= 11 is 6.13. The number of benzene rings is 1. The van der Waals surface area contributed by atoms with Crippen LogP contribution in [-0.4, -0.2) is 44.6 Å². The van der Waals surface area contributed by atoms with E-state index in [2.05, 4.69) is 0 Å². The maximum Gasteiger partial charge on any atom is 0.246 e. The molecule has 0 aliphatic carbocycles. The number of sulfonamides is 1. The van der Waals surface area contributed by atoms with Gasteiger partial charge in [0, 0.05) is 18.1 Å². The molecule has 5 nitrogen and oxygen atoms in total. The average Bonchev–Trinajstić information content (AvgIpc) is 2.41.